The summed E-state index contributed by atoms with van der Waals surface area (Å²) in [6, 6.07) is 7.68. The number of carbonyl (C=O) groups is 4. The van der Waals surface area contributed by atoms with E-state index in [-0.39, 0.29) is 35.4 Å². The second kappa shape index (κ2) is 10.9. The second-order valence-corrected chi connectivity index (χ2v) is 9.40. The van der Waals surface area contributed by atoms with Gasteiger partial charge in [-0.2, -0.15) is 0 Å². The molecular weight excluding hydrogens is 480 g/mol. The summed E-state index contributed by atoms with van der Waals surface area (Å²) < 4.78 is 5.81. The van der Waals surface area contributed by atoms with E-state index >= 15 is 0 Å². The van der Waals surface area contributed by atoms with Gasteiger partial charge in [-0.3, -0.25) is 19.2 Å². The quantitative estimate of drug-likeness (QED) is 0.327. The molecule has 11 nitrogen and oxygen atoms in total. The topological polar surface area (TPSA) is 166 Å². The van der Waals surface area contributed by atoms with Gasteiger partial charge in [0.25, 0.3) is 5.91 Å². The molecule has 0 radical (unpaired) electrons. The van der Waals surface area contributed by atoms with Crippen LogP contribution in [0.5, 0.6) is 17.2 Å². The van der Waals surface area contributed by atoms with Crippen LogP contribution in [0.1, 0.15) is 42.6 Å². The Balaban J connectivity index is 1.67. The lowest BCUT2D eigenvalue weighted by Crippen LogP contribution is -2.58. The molecule has 1 fully saturated rings. The van der Waals surface area contributed by atoms with E-state index < -0.39 is 42.0 Å². The van der Waals surface area contributed by atoms with Crippen LogP contribution in [0.15, 0.2) is 42.5 Å². The van der Waals surface area contributed by atoms with Crippen molar-refractivity contribution < 1.29 is 34.1 Å². The minimum absolute atomic E-state index is 0.0935. The van der Waals surface area contributed by atoms with Crippen LogP contribution >= 0.6 is 0 Å². The molecule has 0 spiro atoms. The van der Waals surface area contributed by atoms with Crippen molar-refractivity contribution >= 4 is 23.6 Å². The van der Waals surface area contributed by atoms with Crippen LogP contribution in [-0.2, 0) is 20.8 Å². The SMILES string of the molecule is C[C@@H]1NC(=O)[C@H]([C@@H](C)O)NC(=O)c2cc(ccc2O)Oc2ccc(cc2)C[C@@H](C(=O)NC2CC2)NC1=O. The smallest absolute Gasteiger partial charge is 0.255 e. The molecule has 2 aliphatic heterocycles. The molecule has 1 aliphatic carbocycles. The van der Waals surface area contributed by atoms with Gasteiger partial charge in [-0.15, -0.1) is 0 Å². The summed E-state index contributed by atoms with van der Waals surface area (Å²) in [6.07, 6.45) is 0.662. The molecule has 1 saturated carbocycles. The zero-order valence-electron chi connectivity index (χ0n) is 20.5. The number of fused-ring (bicyclic) bond motifs is 11. The average Bonchev–Trinajstić information content (AvgIpc) is 3.67. The van der Waals surface area contributed by atoms with Crippen molar-refractivity contribution in [1.29, 1.82) is 0 Å². The Morgan fingerprint density at radius 2 is 1.68 bits per heavy atom. The number of carbonyl (C=O) groups excluding carboxylic acids is 4. The summed E-state index contributed by atoms with van der Waals surface area (Å²) in [5.41, 5.74) is 0.602. The predicted molar refractivity (Wildman–Crippen MR) is 132 cm³/mol. The van der Waals surface area contributed by atoms with E-state index in [9.17, 15) is 29.4 Å². The first-order valence-corrected chi connectivity index (χ1v) is 12.1. The number of rotatable bonds is 3. The third-order valence-electron chi connectivity index (χ3n) is 6.17. The number of aliphatic hydroxyl groups is 1. The molecule has 0 aromatic heterocycles. The molecule has 2 aromatic rings. The van der Waals surface area contributed by atoms with E-state index in [1.54, 1.807) is 24.3 Å². The molecule has 3 aliphatic rings. The average molecular weight is 511 g/mol. The first-order chi connectivity index (χ1) is 17.6. The second-order valence-electron chi connectivity index (χ2n) is 9.40. The number of hydrogen-bond acceptors (Lipinski definition) is 7. The van der Waals surface area contributed by atoms with E-state index in [0.717, 1.165) is 18.4 Å². The first-order valence-electron chi connectivity index (χ1n) is 12.1. The standard InChI is InChI=1S/C26H30N4O7/c1-13-23(33)29-20(25(35)28-16-5-6-16)11-15-3-7-17(8-4-15)37-18-9-10-21(32)19(12-18)24(34)30-22(14(2)31)26(36)27-13/h3-4,7-10,12-14,16,20,22,31-32H,5-6,11H2,1-2H3,(H,27,36)(H,28,35)(H,29,33)(H,30,34)/t13-,14+,20-,22-/m0/s1. The van der Waals surface area contributed by atoms with Crippen LogP contribution in [0.25, 0.3) is 0 Å². The van der Waals surface area contributed by atoms with Gasteiger partial charge < -0.3 is 36.2 Å². The molecular formula is C26H30N4O7. The molecule has 0 saturated heterocycles. The number of hydrogen-bond donors (Lipinski definition) is 6. The van der Waals surface area contributed by atoms with Crippen LogP contribution in [0.3, 0.4) is 0 Å². The molecule has 2 aromatic carbocycles. The van der Waals surface area contributed by atoms with E-state index in [1.807, 2.05) is 0 Å². The van der Waals surface area contributed by atoms with Crippen LogP contribution in [0.4, 0.5) is 0 Å². The van der Waals surface area contributed by atoms with Gasteiger partial charge in [-0.1, -0.05) is 12.1 Å². The fourth-order valence-electron chi connectivity index (χ4n) is 3.85. The highest BCUT2D eigenvalue weighted by Gasteiger charge is 2.32. The zero-order valence-corrected chi connectivity index (χ0v) is 20.5. The monoisotopic (exact) mass is 510 g/mol. The molecule has 5 rings (SSSR count). The van der Waals surface area contributed by atoms with E-state index in [1.165, 1.54) is 32.0 Å². The maximum absolute atomic E-state index is 12.9. The third-order valence-corrected chi connectivity index (χ3v) is 6.17. The van der Waals surface area contributed by atoms with E-state index in [0.29, 0.717) is 5.75 Å². The summed E-state index contributed by atoms with van der Waals surface area (Å²) in [6.45, 7) is 2.74. The van der Waals surface area contributed by atoms with Gasteiger partial charge in [0, 0.05) is 12.5 Å². The predicted octanol–water partition coefficient (Wildman–Crippen LogP) is 0.488. The first kappa shape index (κ1) is 26.0. The lowest BCUT2D eigenvalue weighted by atomic mass is 10.0. The Bertz CT molecular complexity index is 1190. The van der Waals surface area contributed by atoms with Crippen LogP contribution in [0.2, 0.25) is 0 Å². The highest BCUT2D eigenvalue weighted by molar-refractivity contribution is 6.00. The lowest BCUT2D eigenvalue weighted by Gasteiger charge is -2.25. The number of ether oxygens (including phenoxy) is 1. The van der Waals surface area contributed by atoms with Crippen molar-refractivity contribution in [1.82, 2.24) is 21.3 Å². The summed E-state index contributed by atoms with van der Waals surface area (Å²) in [5.74, 6) is -2.21. The van der Waals surface area contributed by atoms with Crippen molar-refractivity contribution in [2.24, 2.45) is 0 Å². The number of phenolic OH excluding ortho intramolecular Hbond substituents is 1. The van der Waals surface area contributed by atoms with Crippen LogP contribution in [0, 0.1) is 0 Å². The molecule has 196 valence electrons. The summed E-state index contributed by atoms with van der Waals surface area (Å²) in [7, 11) is 0. The number of amides is 4. The van der Waals surface area contributed by atoms with Crippen LogP contribution in [-0.4, -0.2) is 64.1 Å². The number of phenols is 1. The van der Waals surface area contributed by atoms with Gasteiger partial charge in [0.05, 0.1) is 11.7 Å². The van der Waals surface area contributed by atoms with Gasteiger partial charge >= 0.3 is 0 Å². The Labute approximate surface area is 213 Å². The highest BCUT2D eigenvalue weighted by Crippen LogP contribution is 2.28. The van der Waals surface area contributed by atoms with Crippen molar-refractivity contribution in [3.8, 4) is 17.2 Å². The van der Waals surface area contributed by atoms with Gasteiger partial charge in [0.15, 0.2) is 0 Å². The number of aliphatic hydroxyl groups excluding tert-OH is 1. The number of nitrogens with one attached hydrogen (secondary N) is 4. The fraction of sp³-hybridized carbons (Fsp3) is 0.385. The Hall–Kier alpha value is -4.12. The molecule has 6 N–H and O–H groups in total. The van der Waals surface area contributed by atoms with Gasteiger partial charge in [0.2, 0.25) is 17.7 Å². The van der Waals surface area contributed by atoms with Crippen molar-refractivity contribution in [2.45, 2.75) is 63.4 Å². The maximum atomic E-state index is 12.9. The molecule has 2 heterocycles. The Kier molecular flexibility index (Phi) is 7.63. The molecule has 37 heavy (non-hydrogen) atoms. The van der Waals surface area contributed by atoms with E-state index in [2.05, 4.69) is 21.3 Å². The van der Waals surface area contributed by atoms with Crippen molar-refractivity contribution in [3.63, 3.8) is 0 Å². The summed E-state index contributed by atoms with van der Waals surface area (Å²) in [4.78, 5) is 51.5. The minimum Gasteiger partial charge on any atom is -0.507 e. The molecule has 4 atom stereocenters. The van der Waals surface area contributed by atoms with Crippen LogP contribution < -0.4 is 26.0 Å². The van der Waals surface area contributed by atoms with E-state index in [4.69, 9.17) is 4.74 Å². The fourth-order valence-corrected chi connectivity index (χ4v) is 3.85. The van der Waals surface area contributed by atoms with Gasteiger partial charge in [0.1, 0.15) is 35.4 Å². The zero-order chi connectivity index (χ0) is 26.7. The number of aromatic hydroxyl groups is 1. The highest BCUT2D eigenvalue weighted by atomic mass is 16.5. The normalized spacial score (nSPS) is 23.4. The van der Waals surface area contributed by atoms with Gasteiger partial charge in [-0.05, 0) is 62.6 Å². The Morgan fingerprint density at radius 3 is 2.32 bits per heavy atom. The lowest BCUT2D eigenvalue weighted by molar-refractivity contribution is -0.133. The molecule has 11 heteroatoms. The van der Waals surface area contributed by atoms with Gasteiger partial charge in [-0.25, -0.2) is 0 Å². The molecule has 4 amide bonds. The Morgan fingerprint density at radius 1 is 1.00 bits per heavy atom. The minimum atomic E-state index is -1.42. The summed E-state index contributed by atoms with van der Waals surface area (Å²) >= 11 is 0. The maximum Gasteiger partial charge on any atom is 0.255 e. The van der Waals surface area contributed by atoms with Crippen molar-refractivity contribution in [3.05, 3.63) is 53.6 Å². The third kappa shape index (κ3) is 6.56. The largest absolute Gasteiger partial charge is 0.507 e. The molecule has 0 unspecified atom stereocenters. The summed E-state index contributed by atoms with van der Waals surface area (Å²) in [5, 5.41) is 30.8. The molecule has 4 bridgehead atoms. The number of benzene rings is 2. The van der Waals surface area contributed by atoms with Crippen molar-refractivity contribution in [2.75, 3.05) is 0 Å².